The molecule has 38 heavy (non-hydrogen) atoms. The molecule has 0 spiro atoms. The normalized spacial score (nSPS) is 21.6. The van der Waals surface area contributed by atoms with Crippen molar-refractivity contribution in [2.75, 3.05) is 14.2 Å². The van der Waals surface area contributed by atoms with E-state index >= 15 is 0 Å². The standard InChI is InChI=1S/C31H36O6S/c1-6-7-15-22-23-16-11-12-17-26(23)30(2,3)18-25-24(22)19-31(28(32)36-4,29(33)37-5)20-27(25)38(34,35)21-13-9-8-10-14-21/h8-14,16-19,22,27H,6-7,15,20H2,1-5H3/t22-,27+/m0/s1. The highest BCUT2D eigenvalue weighted by Crippen LogP contribution is 2.53. The van der Waals surface area contributed by atoms with E-state index in [4.69, 9.17) is 9.47 Å². The summed E-state index contributed by atoms with van der Waals surface area (Å²) in [4.78, 5) is 26.9. The van der Waals surface area contributed by atoms with Crippen LogP contribution in [-0.2, 0) is 34.3 Å². The van der Waals surface area contributed by atoms with Gasteiger partial charge in [-0.15, -0.1) is 0 Å². The molecule has 0 aromatic heterocycles. The Morgan fingerprint density at radius 3 is 2.11 bits per heavy atom. The van der Waals surface area contributed by atoms with Gasteiger partial charge in [-0.3, -0.25) is 9.59 Å². The predicted molar refractivity (Wildman–Crippen MR) is 146 cm³/mol. The number of sulfone groups is 1. The van der Waals surface area contributed by atoms with Gasteiger partial charge in [0.1, 0.15) is 0 Å². The minimum atomic E-state index is -4.01. The fraction of sp³-hybridized carbons (Fsp3) is 0.419. The third-order valence-electron chi connectivity index (χ3n) is 7.90. The summed E-state index contributed by atoms with van der Waals surface area (Å²) in [5, 5.41) is -1.15. The van der Waals surface area contributed by atoms with Crippen LogP contribution >= 0.6 is 0 Å². The highest BCUT2D eigenvalue weighted by atomic mass is 32.2. The Kier molecular flexibility index (Phi) is 7.71. The number of carbonyl (C=O) groups excluding carboxylic acids is 2. The van der Waals surface area contributed by atoms with Crippen molar-refractivity contribution in [3.05, 3.63) is 89.0 Å². The summed E-state index contributed by atoms with van der Waals surface area (Å²) < 4.78 is 38.8. The van der Waals surface area contributed by atoms with Crippen molar-refractivity contribution < 1.29 is 27.5 Å². The van der Waals surface area contributed by atoms with Crippen LogP contribution in [0.1, 0.15) is 63.5 Å². The smallest absolute Gasteiger partial charge is 0.327 e. The highest BCUT2D eigenvalue weighted by Gasteiger charge is 2.56. The van der Waals surface area contributed by atoms with E-state index in [1.54, 1.807) is 36.4 Å². The van der Waals surface area contributed by atoms with Crippen LogP contribution in [0, 0.1) is 5.41 Å². The molecule has 0 saturated heterocycles. The van der Waals surface area contributed by atoms with Gasteiger partial charge < -0.3 is 9.47 Å². The molecular weight excluding hydrogens is 500 g/mol. The second-order valence-corrected chi connectivity index (χ2v) is 12.8. The van der Waals surface area contributed by atoms with E-state index in [9.17, 15) is 18.0 Å². The molecule has 2 aromatic carbocycles. The number of hydrogen-bond donors (Lipinski definition) is 0. The van der Waals surface area contributed by atoms with E-state index in [1.807, 2.05) is 18.2 Å². The van der Waals surface area contributed by atoms with Gasteiger partial charge in [0, 0.05) is 11.3 Å². The summed E-state index contributed by atoms with van der Waals surface area (Å²) in [6.45, 7) is 6.26. The van der Waals surface area contributed by atoms with Crippen molar-refractivity contribution in [2.24, 2.45) is 5.41 Å². The van der Waals surface area contributed by atoms with Gasteiger partial charge in [0.15, 0.2) is 15.3 Å². The number of hydrogen-bond acceptors (Lipinski definition) is 6. The van der Waals surface area contributed by atoms with Crippen molar-refractivity contribution in [2.45, 2.75) is 67.9 Å². The Hall–Kier alpha value is -3.19. The van der Waals surface area contributed by atoms with E-state index in [0.29, 0.717) is 11.1 Å². The average molecular weight is 537 g/mol. The van der Waals surface area contributed by atoms with Crippen LogP contribution in [-0.4, -0.2) is 39.8 Å². The molecule has 0 bridgehead atoms. The maximum atomic E-state index is 14.3. The Labute approximate surface area is 225 Å². The summed E-state index contributed by atoms with van der Waals surface area (Å²) in [5.41, 5.74) is 1.11. The number of fused-ring (bicyclic) bond motifs is 2. The van der Waals surface area contributed by atoms with Crippen LogP contribution in [0.25, 0.3) is 0 Å². The fourth-order valence-electron chi connectivity index (χ4n) is 6.00. The zero-order valence-electron chi connectivity index (χ0n) is 22.7. The molecule has 0 N–H and O–H groups in total. The Morgan fingerprint density at radius 1 is 0.895 bits per heavy atom. The van der Waals surface area contributed by atoms with Gasteiger partial charge >= 0.3 is 11.9 Å². The first-order valence-corrected chi connectivity index (χ1v) is 14.6. The first-order valence-electron chi connectivity index (χ1n) is 13.0. The topological polar surface area (TPSA) is 86.7 Å². The SMILES string of the molecule is CCCC[C@@H]1C2=CC(C(=O)OC)(C(=O)OC)C[C@@H](S(=O)(=O)c3ccccc3)C2=CC(C)(C)c2ccccc21. The first-order chi connectivity index (χ1) is 18.0. The summed E-state index contributed by atoms with van der Waals surface area (Å²) in [6.07, 6.45) is 5.94. The second-order valence-electron chi connectivity index (χ2n) is 10.7. The molecular formula is C31H36O6S. The summed E-state index contributed by atoms with van der Waals surface area (Å²) in [5.74, 6) is -1.85. The summed E-state index contributed by atoms with van der Waals surface area (Å²) in [6, 6.07) is 16.3. The molecule has 0 unspecified atom stereocenters. The molecule has 0 saturated carbocycles. The van der Waals surface area contributed by atoms with E-state index in [1.165, 1.54) is 14.2 Å². The number of rotatable bonds is 7. The Bertz CT molecular complexity index is 1370. The molecule has 2 aromatic rings. The first kappa shape index (κ1) is 27.8. The monoisotopic (exact) mass is 536 g/mol. The van der Waals surface area contributed by atoms with E-state index < -0.39 is 37.9 Å². The highest BCUT2D eigenvalue weighted by molar-refractivity contribution is 7.92. The molecule has 7 heteroatoms. The fourth-order valence-corrected chi connectivity index (χ4v) is 7.88. The molecule has 0 fully saturated rings. The Balaban J connectivity index is 2.10. The van der Waals surface area contributed by atoms with Crippen molar-refractivity contribution in [3.8, 4) is 0 Å². The number of esters is 2. The lowest BCUT2D eigenvalue weighted by Crippen LogP contribution is -2.47. The van der Waals surface area contributed by atoms with Gasteiger partial charge in [0.2, 0.25) is 0 Å². The molecule has 0 radical (unpaired) electrons. The van der Waals surface area contributed by atoms with Gasteiger partial charge in [-0.05, 0) is 47.2 Å². The van der Waals surface area contributed by atoms with Gasteiger partial charge in [0.05, 0.1) is 24.4 Å². The van der Waals surface area contributed by atoms with E-state index in [-0.39, 0.29) is 17.2 Å². The Morgan fingerprint density at radius 2 is 1.50 bits per heavy atom. The molecule has 2 aliphatic rings. The van der Waals surface area contributed by atoms with Crippen LogP contribution in [0.2, 0.25) is 0 Å². The lowest BCUT2D eigenvalue weighted by molar-refractivity contribution is -0.165. The number of allylic oxidation sites excluding steroid dienone is 2. The predicted octanol–water partition coefficient (Wildman–Crippen LogP) is 5.68. The van der Waals surface area contributed by atoms with Gasteiger partial charge in [-0.1, -0.05) is 88.2 Å². The van der Waals surface area contributed by atoms with Crippen molar-refractivity contribution in [3.63, 3.8) is 0 Å². The lowest BCUT2D eigenvalue weighted by atomic mass is 9.69. The minimum absolute atomic E-state index is 0.139. The molecule has 0 amide bonds. The van der Waals surface area contributed by atoms with Crippen molar-refractivity contribution in [1.29, 1.82) is 0 Å². The van der Waals surface area contributed by atoms with Crippen LogP contribution in [0.5, 0.6) is 0 Å². The largest absolute Gasteiger partial charge is 0.468 e. The molecule has 0 aliphatic heterocycles. The van der Waals surface area contributed by atoms with Gasteiger partial charge in [-0.25, -0.2) is 8.42 Å². The number of methoxy groups -OCH3 is 2. The molecule has 0 heterocycles. The van der Waals surface area contributed by atoms with E-state index in [2.05, 4.69) is 32.9 Å². The second kappa shape index (κ2) is 10.5. The average Bonchev–Trinajstić information content (AvgIpc) is 3.02. The van der Waals surface area contributed by atoms with Crippen molar-refractivity contribution >= 4 is 21.8 Å². The third kappa shape index (κ3) is 4.62. The molecule has 2 aliphatic carbocycles. The quantitative estimate of drug-likeness (QED) is 0.334. The summed E-state index contributed by atoms with van der Waals surface area (Å²) in [7, 11) is -1.60. The number of benzene rings is 2. The summed E-state index contributed by atoms with van der Waals surface area (Å²) >= 11 is 0. The zero-order valence-corrected chi connectivity index (χ0v) is 23.5. The van der Waals surface area contributed by atoms with Crippen LogP contribution in [0.15, 0.2) is 82.8 Å². The molecule has 6 nitrogen and oxygen atoms in total. The van der Waals surface area contributed by atoms with E-state index in [0.717, 1.165) is 30.4 Å². The maximum absolute atomic E-state index is 14.3. The van der Waals surface area contributed by atoms with Gasteiger partial charge in [-0.2, -0.15) is 0 Å². The maximum Gasteiger partial charge on any atom is 0.327 e. The zero-order chi connectivity index (χ0) is 27.7. The lowest BCUT2D eigenvalue weighted by Gasteiger charge is -2.38. The number of carbonyl (C=O) groups is 2. The van der Waals surface area contributed by atoms with Crippen LogP contribution in [0.3, 0.4) is 0 Å². The molecule has 4 rings (SSSR count). The third-order valence-corrected chi connectivity index (χ3v) is 10.0. The van der Waals surface area contributed by atoms with Crippen LogP contribution < -0.4 is 0 Å². The van der Waals surface area contributed by atoms with Gasteiger partial charge in [0.25, 0.3) is 0 Å². The minimum Gasteiger partial charge on any atom is -0.468 e. The van der Waals surface area contributed by atoms with Crippen molar-refractivity contribution in [1.82, 2.24) is 0 Å². The molecule has 2 atom stereocenters. The number of unbranched alkanes of at least 4 members (excludes halogenated alkanes) is 1. The molecule has 202 valence electrons. The van der Waals surface area contributed by atoms with Crippen LogP contribution in [0.4, 0.5) is 0 Å². The number of ether oxygens (including phenoxy) is 2.